The summed E-state index contributed by atoms with van der Waals surface area (Å²) in [5, 5.41) is 2.57. The van der Waals surface area contributed by atoms with Gasteiger partial charge in [0.1, 0.15) is 11.6 Å². The lowest BCUT2D eigenvalue weighted by Gasteiger charge is -2.14. The lowest BCUT2D eigenvalue weighted by atomic mass is 10.2. The summed E-state index contributed by atoms with van der Waals surface area (Å²) in [6.45, 7) is 3.43. The number of carbonyl (C=O) groups excluding carboxylic acids is 2. The summed E-state index contributed by atoms with van der Waals surface area (Å²) >= 11 is 5.65. The highest BCUT2D eigenvalue weighted by atomic mass is 35.5. The van der Waals surface area contributed by atoms with Crippen LogP contribution in [0.5, 0.6) is 5.75 Å². The van der Waals surface area contributed by atoms with Crippen LogP contribution in [-0.4, -0.2) is 24.6 Å². The first-order chi connectivity index (χ1) is 12.4. The maximum absolute atomic E-state index is 13.7. The van der Waals surface area contributed by atoms with Crippen molar-refractivity contribution in [3.05, 3.63) is 58.9 Å². The lowest BCUT2D eigenvalue weighted by Crippen LogP contribution is -2.30. The second-order valence-electron chi connectivity index (χ2n) is 5.61. The first-order valence-corrected chi connectivity index (χ1v) is 8.38. The number of hydrogen-bond acceptors (Lipinski definition) is 4. The molecule has 0 aliphatic carbocycles. The summed E-state index contributed by atoms with van der Waals surface area (Å²) in [5.74, 6) is -1.21. The molecule has 138 valence electrons. The Morgan fingerprint density at radius 3 is 2.65 bits per heavy atom. The first kappa shape index (κ1) is 19.7. The second-order valence-corrected chi connectivity index (χ2v) is 6.05. The highest BCUT2D eigenvalue weighted by Crippen LogP contribution is 2.19. The Morgan fingerprint density at radius 1 is 1.23 bits per heavy atom. The second kappa shape index (κ2) is 9.20. The average Bonchev–Trinajstić information content (AvgIpc) is 2.59. The van der Waals surface area contributed by atoms with Crippen LogP contribution in [0.15, 0.2) is 42.5 Å². The molecule has 2 aromatic rings. The van der Waals surface area contributed by atoms with Gasteiger partial charge < -0.3 is 14.8 Å². The first-order valence-electron chi connectivity index (χ1n) is 8.00. The van der Waals surface area contributed by atoms with Crippen molar-refractivity contribution in [1.29, 1.82) is 0 Å². The molecule has 0 aromatic heterocycles. The van der Waals surface area contributed by atoms with E-state index in [1.54, 1.807) is 6.07 Å². The number of anilines is 1. The molecule has 1 N–H and O–H groups in total. The quantitative estimate of drug-likeness (QED) is 0.735. The molecule has 1 amide bonds. The molecule has 0 saturated heterocycles. The number of amides is 1. The van der Waals surface area contributed by atoms with Crippen molar-refractivity contribution < 1.29 is 23.5 Å². The smallest absolute Gasteiger partial charge is 0.310 e. The monoisotopic (exact) mass is 379 g/mol. The van der Waals surface area contributed by atoms with E-state index in [0.29, 0.717) is 5.75 Å². The minimum atomic E-state index is -1.07. The molecular weight excluding hydrogens is 361 g/mol. The molecule has 26 heavy (non-hydrogen) atoms. The Balaban J connectivity index is 1.78. The Morgan fingerprint density at radius 2 is 1.96 bits per heavy atom. The third kappa shape index (κ3) is 5.74. The predicted molar refractivity (Wildman–Crippen MR) is 96.9 cm³/mol. The van der Waals surface area contributed by atoms with Crippen LogP contribution in [-0.2, 0) is 14.3 Å². The zero-order valence-corrected chi connectivity index (χ0v) is 15.2. The topological polar surface area (TPSA) is 64.6 Å². The summed E-state index contributed by atoms with van der Waals surface area (Å²) in [5.41, 5.74) is 0.920. The fourth-order valence-electron chi connectivity index (χ4n) is 2.10. The van der Waals surface area contributed by atoms with Gasteiger partial charge in [-0.05, 0) is 43.7 Å². The minimum absolute atomic E-state index is 0.0126. The van der Waals surface area contributed by atoms with Gasteiger partial charge in [0.25, 0.3) is 5.91 Å². The fourth-order valence-corrected chi connectivity index (χ4v) is 2.26. The number of hydrogen-bond donors (Lipinski definition) is 1. The van der Waals surface area contributed by atoms with Gasteiger partial charge >= 0.3 is 5.97 Å². The number of nitrogens with one attached hydrogen (secondary N) is 1. The third-order valence-electron chi connectivity index (χ3n) is 3.52. The summed E-state index contributed by atoms with van der Waals surface area (Å²) in [6, 6.07) is 11.3. The Kier molecular flexibility index (Phi) is 6.97. The van der Waals surface area contributed by atoms with Crippen molar-refractivity contribution in [1.82, 2.24) is 0 Å². The van der Waals surface area contributed by atoms with Crippen LogP contribution in [0.3, 0.4) is 0 Å². The number of aryl methyl sites for hydroxylation is 1. The van der Waals surface area contributed by atoms with Crippen LogP contribution in [0.25, 0.3) is 0 Å². The van der Waals surface area contributed by atoms with E-state index in [-0.39, 0.29) is 23.7 Å². The molecule has 0 aliphatic rings. The highest BCUT2D eigenvalue weighted by Gasteiger charge is 2.19. The molecule has 0 bridgehead atoms. The van der Waals surface area contributed by atoms with E-state index in [9.17, 15) is 14.0 Å². The number of para-hydroxylation sites is 1. The van der Waals surface area contributed by atoms with E-state index in [1.807, 2.05) is 25.1 Å². The van der Waals surface area contributed by atoms with Crippen LogP contribution < -0.4 is 10.1 Å². The lowest BCUT2D eigenvalue weighted by molar-refractivity contribution is -0.153. The van der Waals surface area contributed by atoms with Gasteiger partial charge in [-0.1, -0.05) is 29.8 Å². The Labute approximate surface area is 156 Å². The number of benzene rings is 2. The van der Waals surface area contributed by atoms with Crippen LogP contribution in [0, 0.1) is 12.7 Å². The molecule has 0 saturated carbocycles. The van der Waals surface area contributed by atoms with Gasteiger partial charge in [0.05, 0.1) is 18.7 Å². The maximum atomic E-state index is 13.7. The van der Waals surface area contributed by atoms with Gasteiger partial charge in [0, 0.05) is 5.02 Å². The molecule has 0 radical (unpaired) electrons. The van der Waals surface area contributed by atoms with Gasteiger partial charge in [-0.2, -0.15) is 0 Å². The van der Waals surface area contributed by atoms with Crippen molar-refractivity contribution in [2.24, 2.45) is 0 Å². The summed E-state index contributed by atoms with van der Waals surface area (Å²) in [6.07, 6.45) is -1.09. The molecule has 2 rings (SSSR count). The minimum Gasteiger partial charge on any atom is -0.493 e. The van der Waals surface area contributed by atoms with Gasteiger partial charge in [-0.25, -0.2) is 4.39 Å². The zero-order chi connectivity index (χ0) is 19.1. The van der Waals surface area contributed by atoms with Crippen LogP contribution >= 0.6 is 11.6 Å². The van der Waals surface area contributed by atoms with E-state index < -0.39 is 23.8 Å². The summed E-state index contributed by atoms with van der Waals surface area (Å²) in [7, 11) is 0. The van der Waals surface area contributed by atoms with E-state index in [1.165, 1.54) is 19.1 Å². The number of esters is 1. The molecule has 0 unspecified atom stereocenters. The van der Waals surface area contributed by atoms with Crippen LogP contribution in [0.2, 0.25) is 5.02 Å². The van der Waals surface area contributed by atoms with Crippen molar-refractivity contribution >= 4 is 29.2 Å². The van der Waals surface area contributed by atoms with Crippen molar-refractivity contribution in [3.63, 3.8) is 0 Å². The average molecular weight is 380 g/mol. The van der Waals surface area contributed by atoms with Crippen LogP contribution in [0.4, 0.5) is 10.1 Å². The van der Waals surface area contributed by atoms with Gasteiger partial charge in [-0.3, -0.25) is 9.59 Å². The van der Waals surface area contributed by atoms with Gasteiger partial charge in [0.2, 0.25) is 0 Å². The summed E-state index contributed by atoms with van der Waals surface area (Å²) in [4.78, 5) is 23.8. The largest absolute Gasteiger partial charge is 0.493 e. The molecule has 1 atom stereocenters. The van der Waals surface area contributed by atoms with Crippen molar-refractivity contribution in [3.8, 4) is 5.75 Å². The fraction of sp³-hybridized carbons (Fsp3) is 0.263. The van der Waals surface area contributed by atoms with Gasteiger partial charge in [0.15, 0.2) is 6.10 Å². The maximum Gasteiger partial charge on any atom is 0.310 e. The Bertz CT molecular complexity index is 797. The van der Waals surface area contributed by atoms with E-state index in [4.69, 9.17) is 21.1 Å². The van der Waals surface area contributed by atoms with E-state index in [2.05, 4.69) is 5.32 Å². The molecule has 2 aromatic carbocycles. The van der Waals surface area contributed by atoms with Crippen molar-refractivity contribution in [2.75, 3.05) is 11.9 Å². The van der Waals surface area contributed by atoms with Gasteiger partial charge in [-0.15, -0.1) is 0 Å². The SMILES string of the molecule is Cc1ccccc1OCCC(=O)O[C@H](C)C(=O)Nc1ccc(Cl)cc1F. The number of halogens is 2. The van der Waals surface area contributed by atoms with E-state index in [0.717, 1.165) is 11.6 Å². The predicted octanol–water partition coefficient (Wildman–Crippen LogP) is 4.13. The van der Waals surface area contributed by atoms with Crippen molar-refractivity contribution in [2.45, 2.75) is 26.4 Å². The van der Waals surface area contributed by atoms with E-state index >= 15 is 0 Å². The third-order valence-corrected chi connectivity index (χ3v) is 3.76. The Hall–Kier alpha value is -2.60. The molecular formula is C19H19ClFNO4. The highest BCUT2D eigenvalue weighted by molar-refractivity contribution is 6.30. The zero-order valence-electron chi connectivity index (χ0n) is 14.4. The molecule has 7 heteroatoms. The number of carbonyl (C=O) groups is 2. The standard InChI is InChI=1S/C19H19ClFNO4/c1-12-5-3-4-6-17(12)25-10-9-18(23)26-13(2)19(24)22-16-8-7-14(20)11-15(16)21/h3-8,11,13H,9-10H2,1-2H3,(H,22,24)/t13-/m1/s1. The molecule has 5 nitrogen and oxygen atoms in total. The summed E-state index contributed by atoms with van der Waals surface area (Å²) < 4.78 is 24.2. The molecule has 0 aliphatic heterocycles. The number of rotatable bonds is 7. The number of ether oxygens (including phenoxy) is 2. The van der Waals surface area contributed by atoms with Crippen LogP contribution in [0.1, 0.15) is 18.9 Å². The normalized spacial score (nSPS) is 11.5. The molecule has 0 fully saturated rings. The molecule has 0 heterocycles. The molecule has 0 spiro atoms.